The first kappa shape index (κ1) is 18.8. The molecular weight excluding hydrogens is 360 g/mol. The van der Waals surface area contributed by atoms with Crippen LogP contribution in [-0.4, -0.2) is 47.7 Å². The molecule has 1 aliphatic heterocycles. The minimum absolute atomic E-state index is 0.137. The molecule has 1 aliphatic rings. The van der Waals surface area contributed by atoms with Gasteiger partial charge in [0.05, 0.1) is 19.1 Å². The summed E-state index contributed by atoms with van der Waals surface area (Å²) in [5.41, 5.74) is 0.406. The van der Waals surface area contributed by atoms with Crippen LogP contribution in [0.25, 0.3) is 0 Å². The standard InChI is InChI=1S/C19H17F2NO5/c20-16-6-5-14(9-17(16)21)27-13-3-1-12(2-4-13)19(25)22-7-8-26-15(11-22)10-18(23)24/h1-6,9,15H,7-8,10-11H2,(H,23,24)/t15-/m1/s1. The average Bonchev–Trinajstić information content (AvgIpc) is 2.64. The highest BCUT2D eigenvalue weighted by atomic mass is 19.2. The van der Waals surface area contributed by atoms with Crippen LogP contribution in [0.15, 0.2) is 42.5 Å². The van der Waals surface area contributed by atoms with Crippen molar-refractivity contribution >= 4 is 11.9 Å². The van der Waals surface area contributed by atoms with Gasteiger partial charge in [-0.2, -0.15) is 0 Å². The van der Waals surface area contributed by atoms with E-state index in [1.807, 2.05) is 0 Å². The van der Waals surface area contributed by atoms with Crippen LogP contribution < -0.4 is 4.74 Å². The third-order valence-electron chi connectivity index (χ3n) is 4.06. The molecule has 1 fully saturated rings. The van der Waals surface area contributed by atoms with Crippen LogP contribution in [0.2, 0.25) is 0 Å². The highest BCUT2D eigenvalue weighted by Crippen LogP contribution is 2.24. The molecule has 6 nitrogen and oxygen atoms in total. The van der Waals surface area contributed by atoms with E-state index in [1.165, 1.54) is 6.07 Å². The lowest BCUT2D eigenvalue weighted by molar-refractivity contribution is -0.141. The number of hydrogen-bond donors (Lipinski definition) is 1. The van der Waals surface area contributed by atoms with Crippen LogP contribution >= 0.6 is 0 Å². The van der Waals surface area contributed by atoms with Crippen molar-refractivity contribution in [3.05, 3.63) is 59.7 Å². The lowest BCUT2D eigenvalue weighted by Gasteiger charge is -2.32. The Kier molecular flexibility index (Phi) is 5.66. The van der Waals surface area contributed by atoms with Gasteiger partial charge in [0.1, 0.15) is 11.5 Å². The molecule has 1 amide bonds. The third-order valence-corrected chi connectivity index (χ3v) is 4.06. The number of halogens is 2. The van der Waals surface area contributed by atoms with Gasteiger partial charge in [-0.3, -0.25) is 9.59 Å². The first-order valence-corrected chi connectivity index (χ1v) is 8.28. The fourth-order valence-electron chi connectivity index (χ4n) is 2.75. The van der Waals surface area contributed by atoms with E-state index < -0.39 is 23.7 Å². The second-order valence-electron chi connectivity index (χ2n) is 6.04. The van der Waals surface area contributed by atoms with E-state index in [2.05, 4.69) is 0 Å². The number of carbonyl (C=O) groups is 2. The Morgan fingerprint density at radius 1 is 1.11 bits per heavy atom. The predicted molar refractivity (Wildman–Crippen MR) is 90.8 cm³/mol. The molecule has 142 valence electrons. The Morgan fingerprint density at radius 3 is 2.48 bits per heavy atom. The van der Waals surface area contributed by atoms with Gasteiger partial charge in [-0.05, 0) is 36.4 Å². The molecule has 0 aromatic heterocycles. The van der Waals surface area contributed by atoms with E-state index >= 15 is 0 Å². The number of aliphatic carboxylic acids is 1. The lowest BCUT2D eigenvalue weighted by atomic mass is 10.1. The SMILES string of the molecule is O=C(O)C[C@@H]1CN(C(=O)c2ccc(Oc3ccc(F)c(F)c3)cc2)CCO1. The molecule has 0 unspecified atom stereocenters. The Hall–Kier alpha value is -3.00. The van der Waals surface area contributed by atoms with E-state index in [1.54, 1.807) is 29.2 Å². The van der Waals surface area contributed by atoms with Crippen molar-refractivity contribution in [2.45, 2.75) is 12.5 Å². The van der Waals surface area contributed by atoms with E-state index in [4.69, 9.17) is 14.6 Å². The van der Waals surface area contributed by atoms with E-state index in [9.17, 15) is 18.4 Å². The maximum atomic E-state index is 13.2. The molecule has 8 heteroatoms. The second-order valence-corrected chi connectivity index (χ2v) is 6.04. The van der Waals surface area contributed by atoms with Crippen LogP contribution in [0.1, 0.15) is 16.8 Å². The summed E-state index contributed by atoms with van der Waals surface area (Å²) in [5.74, 6) is -2.69. The number of hydrogen-bond acceptors (Lipinski definition) is 4. The van der Waals surface area contributed by atoms with Crippen LogP contribution in [0.3, 0.4) is 0 Å². The van der Waals surface area contributed by atoms with Gasteiger partial charge in [-0.25, -0.2) is 8.78 Å². The monoisotopic (exact) mass is 377 g/mol. The zero-order valence-corrected chi connectivity index (χ0v) is 14.2. The molecule has 0 saturated carbocycles. The normalized spacial score (nSPS) is 16.8. The highest BCUT2D eigenvalue weighted by Gasteiger charge is 2.26. The molecule has 0 aliphatic carbocycles. The van der Waals surface area contributed by atoms with Crippen molar-refractivity contribution in [2.24, 2.45) is 0 Å². The van der Waals surface area contributed by atoms with Crippen molar-refractivity contribution in [1.29, 1.82) is 0 Å². The van der Waals surface area contributed by atoms with Gasteiger partial charge in [0.25, 0.3) is 5.91 Å². The van der Waals surface area contributed by atoms with Gasteiger partial charge in [0.15, 0.2) is 11.6 Å². The maximum Gasteiger partial charge on any atom is 0.306 e. The first-order chi connectivity index (χ1) is 12.9. The minimum atomic E-state index is -1.01. The number of carboxylic acids is 1. The number of morpholine rings is 1. The molecule has 0 bridgehead atoms. The molecule has 3 rings (SSSR count). The summed E-state index contributed by atoms with van der Waals surface area (Å²) in [5, 5.41) is 8.85. The van der Waals surface area contributed by atoms with Crippen molar-refractivity contribution in [2.75, 3.05) is 19.7 Å². The van der Waals surface area contributed by atoms with Gasteiger partial charge in [0, 0.05) is 24.7 Å². The van der Waals surface area contributed by atoms with Crippen molar-refractivity contribution in [1.82, 2.24) is 4.90 Å². The number of carbonyl (C=O) groups excluding carboxylic acids is 1. The summed E-state index contributed by atoms with van der Waals surface area (Å²) in [7, 11) is 0. The van der Waals surface area contributed by atoms with Crippen LogP contribution in [0.4, 0.5) is 8.78 Å². The molecular formula is C19H17F2NO5. The fourth-order valence-corrected chi connectivity index (χ4v) is 2.75. The van der Waals surface area contributed by atoms with Gasteiger partial charge in [0.2, 0.25) is 0 Å². The Morgan fingerprint density at radius 2 is 1.81 bits per heavy atom. The molecule has 2 aromatic rings. The summed E-state index contributed by atoms with van der Waals surface area (Å²) >= 11 is 0. The summed E-state index contributed by atoms with van der Waals surface area (Å²) in [6.45, 7) is 0.862. The van der Waals surface area contributed by atoms with E-state index in [0.29, 0.717) is 17.9 Å². The highest BCUT2D eigenvalue weighted by molar-refractivity contribution is 5.94. The molecule has 2 aromatic carbocycles. The zero-order chi connectivity index (χ0) is 19.4. The molecule has 27 heavy (non-hydrogen) atoms. The molecule has 1 atom stereocenters. The van der Waals surface area contributed by atoms with E-state index in [-0.39, 0.29) is 31.2 Å². The number of benzene rings is 2. The number of amides is 1. The fraction of sp³-hybridized carbons (Fsp3) is 0.263. The van der Waals surface area contributed by atoms with Crippen molar-refractivity contribution in [3.63, 3.8) is 0 Å². The van der Waals surface area contributed by atoms with Gasteiger partial charge in [-0.15, -0.1) is 0 Å². The molecule has 1 N–H and O–H groups in total. The summed E-state index contributed by atoms with van der Waals surface area (Å²) in [6.07, 6.45) is -0.693. The van der Waals surface area contributed by atoms with Crippen LogP contribution in [0, 0.1) is 11.6 Å². The smallest absolute Gasteiger partial charge is 0.306 e. The van der Waals surface area contributed by atoms with Gasteiger partial charge in [-0.1, -0.05) is 0 Å². The largest absolute Gasteiger partial charge is 0.481 e. The molecule has 1 saturated heterocycles. The number of nitrogens with zero attached hydrogens (tertiary/aromatic N) is 1. The van der Waals surface area contributed by atoms with Gasteiger partial charge >= 0.3 is 5.97 Å². The Balaban J connectivity index is 1.64. The number of carboxylic acid groups (broad SMARTS) is 1. The topological polar surface area (TPSA) is 76.1 Å². The second kappa shape index (κ2) is 8.13. The summed E-state index contributed by atoms with van der Waals surface area (Å²) < 4.78 is 37.0. The first-order valence-electron chi connectivity index (χ1n) is 8.28. The molecule has 0 radical (unpaired) electrons. The Bertz CT molecular complexity index is 840. The molecule has 1 heterocycles. The predicted octanol–water partition coefficient (Wildman–Crippen LogP) is 3.07. The van der Waals surface area contributed by atoms with Crippen LogP contribution in [0.5, 0.6) is 11.5 Å². The Labute approximate surface area is 153 Å². The van der Waals surface area contributed by atoms with Gasteiger partial charge < -0.3 is 19.5 Å². The molecule has 0 spiro atoms. The maximum absolute atomic E-state index is 13.2. The lowest BCUT2D eigenvalue weighted by Crippen LogP contribution is -2.46. The van der Waals surface area contributed by atoms with E-state index in [0.717, 1.165) is 12.1 Å². The average molecular weight is 377 g/mol. The minimum Gasteiger partial charge on any atom is -0.481 e. The summed E-state index contributed by atoms with van der Waals surface area (Å²) in [4.78, 5) is 24.9. The summed E-state index contributed by atoms with van der Waals surface area (Å²) in [6, 6.07) is 9.40. The van der Waals surface area contributed by atoms with Crippen molar-refractivity contribution < 1.29 is 33.0 Å². The number of rotatable bonds is 5. The van der Waals surface area contributed by atoms with Crippen molar-refractivity contribution in [3.8, 4) is 11.5 Å². The zero-order valence-electron chi connectivity index (χ0n) is 14.2. The third kappa shape index (κ3) is 4.79. The van der Waals surface area contributed by atoms with Crippen LogP contribution in [-0.2, 0) is 9.53 Å². The quantitative estimate of drug-likeness (QED) is 0.867. The number of ether oxygens (including phenoxy) is 2.